The maximum atomic E-state index is 13.0. The van der Waals surface area contributed by atoms with Gasteiger partial charge in [0.1, 0.15) is 0 Å². The highest BCUT2D eigenvalue weighted by atomic mass is 16.5. The molecule has 4 rings (SSSR count). The van der Waals surface area contributed by atoms with E-state index in [0.717, 1.165) is 16.9 Å². The van der Waals surface area contributed by atoms with Crippen LogP contribution in [0.4, 0.5) is 5.69 Å². The number of fused-ring (bicyclic) bond motifs is 2. The van der Waals surface area contributed by atoms with Crippen molar-refractivity contribution in [1.29, 1.82) is 0 Å². The molecule has 122 valence electrons. The number of hydrogen-bond acceptors (Lipinski definition) is 6. The summed E-state index contributed by atoms with van der Waals surface area (Å²) in [4.78, 5) is 14.6. The van der Waals surface area contributed by atoms with E-state index in [0.29, 0.717) is 25.6 Å². The van der Waals surface area contributed by atoms with Crippen LogP contribution in [0.15, 0.2) is 41.1 Å². The van der Waals surface area contributed by atoms with E-state index >= 15 is 0 Å². The molecule has 1 amide bonds. The number of hydrogen-bond donors (Lipinski definition) is 0. The number of amides is 1. The fourth-order valence-electron chi connectivity index (χ4n) is 2.74. The maximum Gasteiger partial charge on any atom is 0.297 e. The Kier molecular flexibility index (Phi) is 3.49. The second kappa shape index (κ2) is 5.80. The molecular formula is C16H15N5O3. The molecule has 0 saturated heterocycles. The molecule has 0 saturated carbocycles. The van der Waals surface area contributed by atoms with Crippen LogP contribution >= 0.6 is 0 Å². The summed E-state index contributed by atoms with van der Waals surface area (Å²) in [6.07, 6.45) is 1.66. The molecule has 8 nitrogen and oxygen atoms in total. The number of rotatable bonds is 3. The predicted molar refractivity (Wildman–Crippen MR) is 83.8 cm³/mol. The maximum absolute atomic E-state index is 13.0. The van der Waals surface area contributed by atoms with Gasteiger partial charge in [0.05, 0.1) is 37.7 Å². The molecule has 0 aliphatic carbocycles. The number of carbonyl (C=O) groups excluding carboxylic acids is 1. The van der Waals surface area contributed by atoms with Crippen molar-refractivity contribution in [1.82, 2.24) is 20.2 Å². The van der Waals surface area contributed by atoms with E-state index in [1.165, 1.54) is 6.07 Å². The lowest BCUT2D eigenvalue weighted by molar-refractivity contribution is 0.0949. The average Bonchev–Trinajstić information content (AvgIpc) is 3.20. The van der Waals surface area contributed by atoms with Gasteiger partial charge in [-0.1, -0.05) is 23.4 Å². The van der Waals surface area contributed by atoms with Crippen molar-refractivity contribution in [3.8, 4) is 5.88 Å². The lowest BCUT2D eigenvalue weighted by atomic mass is 10.1. The summed E-state index contributed by atoms with van der Waals surface area (Å²) in [5.74, 6) is 0.153. The van der Waals surface area contributed by atoms with Gasteiger partial charge in [-0.05, 0) is 23.7 Å². The van der Waals surface area contributed by atoms with E-state index in [1.807, 2.05) is 31.2 Å². The second-order valence-electron chi connectivity index (χ2n) is 5.37. The Bertz CT molecular complexity index is 885. The van der Waals surface area contributed by atoms with Gasteiger partial charge in [-0.3, -0.25) is 9.69 Å². The van der Waals surface area contributed by atoms with Crippen molar-refractivity contribution in [3.05, 3.63) is 53.5 Å². The summed E-state index contributed by atoms with van der Waals surface area (Å²) in [6.45, 7) is 3.22. The number of anilines is 1. The molecule has 1 aliphatic rings. The fourth-order valence-corrected chi connectivity index (χ4v) is 2.74. The first-order valence-electron chi connectivity index (χ1n) is 7.63. The van der Waals surface area contributed by atoms with Crippen molar-refractivity contribution in [3.63, 3.8) is 0 Å². The number of ether oxygens (including phenoxy) is 1. The molecule has 3 heterocycles. The first kappa shape index (κ1) is 14.4. The number of para-hydroxylation sites is 1. The van der Waals surface area contributed by atoms with Crippen LogP contribution in [0.5, 0.6) is 5.88 Å². The molecule has 1 aromatic carbocycles. The van der Waals surface area contributed by atoms with E-state index in [9.17, 15) is 4.79 Å². The van der Waals surface area contributed by atoms with Gasteiger partial charge in [-0.25, -0.2) is 4.68 Å². The van der Waals surface area contributed by atoms with Crippen LogP contribution in [0.1, 0.15) is 28.7 Å². The summed E-state index contributed by atoms with van der Waals surface area (Å²) >= 11 is 0. The van der Waals surface area contributed by atoms with Gasteiger partial charge in [0, 0.05) is 5.69 Å². The molecule has 3 aromatic rings. The summed E-state index contributed by atoms with van der Waals surface area (Å²) in [5.41, 5.74) is 2.66. The van der Waals surface area contributed by atoms with Crippen LogP contribution in [0.3, 0.4) is 0 Å². The molecular weight excluding hydrogens is 310 g/mol. The number of nitrogens with zero attached hydrogens (tertiary/aromatic N) is 5. The third kappa shape index (κ3) is 2.41. The van der Waals surface area contributed by atoms with Gasteiger partial charge in [-0.2, -0.15) is 0 Å². The minimum absolute atomic E-state index is 0.133. The van der Waals surface area contributed by atoms with Crippen molar-refractivity contribution in [2.75, 3.05) is 11.5 Å². The van der Waals surface area contributed by atoms with Crippen molar-refractivity contribution >= 4 is 11.6 Å². The fraction of sp³-hybridized carbons (Fsp3) is 0.250. The van der Waals surface area contributed by atoms with Gasteiger partial charge in [0.15, 0.2) is 0 Å². The minimum Gasteiger partial charge on any atom is -0.476 e. The highest BCUT2D eigenvalue weighted by Gasteiger charge is 2.28. The summed E-state index contributed by atoms with van der Waals surface area (Å²) in [7, 11) is 0. The average molecular weight is 325 g/mol. The van der Waals surface area contributed by atoms with E-state index < -0.39 is 0 Å². The molecule has 0 bridgehead atoms. The molecule has 0 unspecified atom stereocenters. The zero-order valence-corrected chi connectivity index (χ0v) is 13.0. The monoisotopic (exact) mass is 325 g/mol. The Morgan fingerprint density at radius 1 is 1.33 bits per heavy atom. The molecule has 0 atom stereocenters. The molecule has 2 aromatic heterocycles. The van der Waals surface area contributed by atoms with E-state index in [1.54, 1.807) is 15.8 Å². The van der Waals surface area contributed by atoms with Crippen LogP contribution in [0.25, 0.3) is 0 Å². The SMILES string of the molecule is CCOc1cc(C(=O)N2Cc3cnnn3Cc3ccccc32)on1. The Labute approximate surface area is 137 Å². The van der Waals surface area contributed by atoms with Crippen LogP contribution in [-0.2, 0) is 13.1 Å². The third-order valence-corrected chi connectivity index (χ3v) is 3.86. The van der Waals surface area contributed by atoms with Gasteiger partial charge in [-0.15, -0.1) is 5.10 Å². The molecule has 8 heteroatoms. The summed E-state index contributed by atoms with van der Waals surface area (Å²) in [6, 6.07) is 9.22. The lowest BCUT2D eigenvalue weighted by Gasteiger charge is -2.20. The largest absolute Gasteiger partial charge is 0.476 e. The zero-order valence-electron chi connectivity index (χ0n) is 13.0. The van der Waals surface area contributed by atoms with Crippen molar-refractivity contribution in [2.45, 2.75) is 20.0 Å². The van der Waals surface area contributed by atoms with Crippen LogP contribution < -0.4 is 9.64 Å². The third-order valence-electron chi connectivity index (χ3n) is 3.86. The Morgan fingerprint density at radius 3 is 3.08 bits per heavy atom. The van der Waals surface area contributed by atoms with Crippen LogP contribution in [-0.4, -0.2) is 32.7 Å². The van der Waals surface area contributed by atoms with E-state index in [4.69, 9.17) is 9.26 Å². The van der Waals surface area contributed by atoms with Gasteiger partial charge in [0.25, 0.3) is 11.8 Å². The van der Waals surface area contributed by atoms with Crippen molar-refractivity contribution < 1.29 is 14.1 Å². The molecule has 24 heavy (non-hydrogen) atoms. The smallest absolute Gasteiger partial charge is 0.297 e. The van der Waals surface area contributed by atoms with E-state index in [-0.39, 0.29) is 11.7 Å². The molecule has 0 radical (unpaired) electrons. The first-order valence-corrected chi connectivity index (χ1v) is 7.63. The molecule has 0 spiro atoms. The minimum atomic E-state index is -0.282. The Balaban J connectivity index is 1.74. The normalized spacial score (nSPS) is 13.1. The highest BCUT2D eigenvalue weighted by molar-refractivity contribution is 6.04. The molecule has 0 fully saturated rings. The number of aromatic nitrogens is 4. The zero-order chi connectivity index (χ0) is 16.5. The second-order valence-corrected chi connectivity index (χ2v) is 5.37. The van der Waals surface area contributed by atoms with Crippen LogP contribution in [0, 0.1) is 0 Å². The lowest BCUT2D eigenvalue weighted by Crippen LogP contribution is -2.30. The van der Waals surface area contributed by atoms with E-state index in [2.05, 4.69) is 15.5 Å². The van der Waals surface area contributed by atoms with Crippen molar-refractivity contribution in [2.24, 2.45) is 0 Å². The highest BCUT2D eigenvalue weighted by Crippen LogP contribution is 2.28. The Hall–Kier alpha value is -3.16. The number of benzene rings is 1. The number of carbonyl (C=O) groups is 1. The summed E-state index contributed by atoms with van der Waals surface area (Å²) < 4.78 is 12.2. The standard InChI is InChI=1S/C16H15N5O3/c1-2-23-15-7-14(24-18-15)16(22)20-10-12-8-17-19-21(12)9-11-5-3-4-6-13(11)20/h3-8H,2,9-10H2,1H3. The molecule has 1 aliphatic heterocycles. The first-order chi connectivity index (χ1) is 11.8. The topological polar surface area (TPSA) is 86.3 Å². The van der Waals surface area contributed by atoms with Gasteiger partial charge >= 0.3 is 0 Å². The summed E-state index contributed by atoms with van der Waals surface area (Å²) in [5, 5.41) is 11.8. The quantitative estimate of drug-likeness (QED) is 0.731. The van der Waals surface area contributed by atoms with Crippen LogP contribution in [0.2, 0.25) is 0 Å². The van der Waals surface area contributed by atoms with Gasteiger partial charge in [0.2, 0.25) is 5.76 Å². The predicted octanol–water partition coefficient (Wildman–Crippen LogP) is 1.87. The molecule has 0 N–H and O–H groups in total. The Morgan fingerprint density at radius 2 is 2.21 bits per heavy atom. The van der Waals surface area contributed by atoms with Gasteiger partial charge < -0.3 is 9.26 Å².